The number of imidazole rings is 1. The molecule has 0 saturated carbocycles. The Kier molecular flexibility index (Phi) is 5.05. The van der Waals surface area contributed by atoms with Gasteiger partial charge >= 0.3 is 0 Å². The molecule has 0 saturated heterocycles. The second kappa shape index (κ2) is 7.62. The molecular weight excluding hydrogens is 362 g/mol. The van der Waals surface area contributed by atoms with Gasteiger partial charge in [0.05, 0.1) is 0 Å². The van der Waals surface area contributed by atoms with Gasteiger partial charge in [0, 0.05) is 49.2 Å². The summed E-state index contributed by atoms with van der Waals surface area (Å²) in [5, 5.41) is 11.2. The number of rotatable bonds is 4. The number of hydrogen-bond donors (Lipinski definition) is 1. The van der Waals surface area contributed by atoms with Gasteiger partial charge in [-0.15, -0.1) is 0 Å². The molecule has 5 nitrogen and oxygen atoms in total. The van der Waals surface area contributed by atoms with E-state index in [1.807, 2.05) is 43.6 Å². The molecule has 0 atom stereocenters. The third kappa shape index (κ3) is 3.94. The molecule has 4 rings (SSSR count). The second-order valence-corrected chi connectivity index (χ2v) is 7.22. The summed E-state index contributed by atoms with van der Waals surface area (Å²) in [6, 6.07) is 11.5. The number of nitrogens with zero attached hydrogens (tertiary/aromatic N) is 3. The van der Waals surface area contributed by atoms with Crippen LogP contribution in [0.1, 0.15) is 11.4 Å². The summed E-state index contributed by atoms with van der Waals surface area (Å²) < 4.78 is 7.99. The largest absolute Gasteiger partial charge is 0.504 e. The summed E-state index contributed by atoms with van der Waals surface area (Å²) in [4.78, 5) is 6.61. The van der Waals surface area contributed by atoms with Crippen molar-refractivity contribution in [2.75, 3.05) is 19.7 Å². The average Bonchev–Trinajstić information content (AvgIpc) is 2.94. The van der Waals surface area contributed by atoms with Crippen LogP contribution in [0.3, 0.4) is 0 Å². The molecule has 0 spiro atoms. The number of ether oxygens (including phenoxy) is 1. The predicted octanol–water partition coefficient (Wildman–Crippen LogP) is 4.11. The number of halogens is 1. The molecule has 6 heteroatoms. The lowest BCUT2D eigenvalue weighted by Gasteiger charge is -2.20. The van der Waals surface area contributed by atoms with Gasteiger partial charge in [-0.2, -0.15) is 0 Å². The lowest BCUT2D eigenvalue weighted by molar-refractivity contribution is 0.217. The van der Waals surface area contributed by atoms with Gasteiger partial charge in [-0.1, -0.05) is 23.7 Å². The zero-order chi connectivity index (χ0) is 18.8. The first-order valence-electron chi connectivity index (χ1n) is 9.05. The van der Waals surface area contributed by atoms with E-state index in [4.69, 9.17) is 16.3 Å². The van der Waals surface area contributed by atoms with Crippen molar-refractivity contribution in [2.45, 2.75) is 20.0 Å². The van der Waals surface area contributed by atoms with Crippen molar-refractivity contribution in [2.24, 2.45) is 0 Å². The van der Waals surface area contributed by atoms with Crippen molar-refractivity contribution < 1.29 is 9.84 Å². The van der Waals surface area contributed by atoms with Gasteiger partial charge in [0.25, 0.3) is 0 Å². The topological polar surface area (TPSA) is 50.5 Å². The predicted molar refractivity (Wildman–Crippen MR) is 106 cm³/mol. The molecule has 1 aromatic heterocycles. The quantitative estimate of drug-likeness (QED) is 0.736. The Balaban J connectivity index is 1.58. The fourth-order valence-electron chi connectivity index (χ4n) is 3.47. The van der Waals surface area contributed by atoms with Crippen LogP contribution in [0.15, 0.2) is 48.8 Å². The number of aryl methyl sites for hydroxylation is 1. The zero-order valence-electron chi connectivity index (χ0n) is 15.2. The maximum atomic E-state index is 10.5. The number of aromatic hydroxyl groups is 1. The van der Waals surface area contributed by atoms with Crippen LogP contribution < -0.4 is 4.74 Å². The van der Waals surface area contributed by atoms with Crippen LogP contribution in [0, 0.1) is 6.92 Å². The van der Waals surface area contributed by atoms with Gasteiger partial charge in [-0.3, -0.25) is 4.90 Å². The van der Waals surface area contributed by atoms with E-state index < -0.39 is 0 Å². The Hall–Kier alpha value is -2.50. The molecule has 27 heavy (non-hydrogen) atoms. The molecule has 1 aliphatic rings. The van der Waals surface area contributed by atoms with Gasteiger partial charge < -0.3 is 14.4 Å². The number of aromatic nitrogens is 2. The maximum Gasteiger partial charge on any atom is 0.165 e. The minimum atomic E-state index is 0.176. The highest BCUT2D eigenvalue weighted by molar-refractivity contribution is 6.30. The second-order valence-electron chi connectivity index (χ2n) is 6.79. The molecule has 2 heterocycles. The van der Waals surface area contributed by atoms with Crippen LogP contribution in [-0.4, -0.2) is 39.3 Å². The molecule has 3 aromatic rings. The summed E-state index contributed by atoms with van der Waals surface area (Å²) >= 11 is 6.13. The fourth-order valence-corrected chi connectivity index (χ4v) is 3.66. The fraction of sp³-hybridized carbons (Fsp3) is 0.286. The minimum absolute atomic E-state index is 0.176. The molecular formula is C21H22ClN3O2. The van der Waals surface area contributed by atoms with E-state index >= 15 is 0 Å². The Labute approximate surface area is 163 Å². The van der Waals surface area contributed by atoms with E-state index in [1.54, 1.807) is 6.07 Å². The van der Waals surface area contributed by atoms with Crippen molar-refractivity contribution in [3.05, 3.63) is 65.2 Å². The van der Waals surface area contributed by atoms with Crippen LogP contribution >= 0.6 is 11.6 Å². The standard InChI is InChI=1S/C21H22ClN3O2/c1-15-23-5-6-25(15)8-7-24-9-10-27-21-18(14-24)11-17(13-20(21)26)16-3-2-4-19(22)12-16/h2-6,11-13,26H,7-10,14H2,1H3. The summed E-state index contributed by atoms with van der Waals surface area (Å²) in [5.41, 5.74) is 2.90. The van der Waals surface area contributed by atoms with Gasteiger partial charge in [-0.05, 0) is 42.3 Å². The molecule has 140 valence electrons. The van der Waals surface area contributed by atoms with Gasteiger partial charge in [0.15, 0.2) is 11.5 Å². The van der Waals surface area contributed by atoms with E-state index in [-0.39, 0.29) is 5.75 Å². The van der Waals surface area contributed by atoms with Crippen molar-refractivity contribution in [1.82, 2.24) is 14.5 Å². The molecule has 1 aliphatic heterocycles. The highest BCUT2D eigenvalue weighted by atomic mass is 35.5. The molecule has 0 aliphatic carbocycles. The van der Waals surface area contributed by atoms with E-state index in [1.165, 1.54) is 0 Å². The molecule has 2 aromatic carbocycles. The molecule has 0 radical (unpaired) electrons. The monoisotopic (exact) mass is 383 g/mol. The summed E-state index contributed by atoms with van der Waals surface area (Å²) in [7, 11) is 0. The van der Waals surface area contributed by atoms with Crippen molar-refractivity contribution in [3.8, 4) is 22.6 Å². The minimum Gasteiger partial charge on any atom is -0.504 e. The van der Waals surface area contributed by atoms with Crippen LogP contribution in [-0.2, 0) is 13.1 Å². The average molecular weight is 384 g/mol. The third-order valence-electron chi connectivity index (χ3n) is 4.93. The molecule has 0 unspecified atom stereocenters. The maximum absolute atomic E-state index is 10.5. The Bertz CT molecular complexity index is 954. The number of benzene rings is 2. The SMILES string of the molecule is Cc1nccn1CCN1CCOc2c(O)cc(-c3cccc(Cl)c3)cc2C1. The Morgan fingerprint density at radius 2 is 2.07 bits per heavy atom. The molecule has 0 fully saturated rings. The highest BCUT2D eigenvalue weighted by Crippen LogP contribution is 2.38. The lowest BCUT2D eigenvalue weighted by Crippen LogP contribution is -2.29. The normalized spacial score (nSPS) is 14.4. The Morgan fingerprint density at radius 1 is 1.19 bits per heavy atom. The van der Waals surface area contributed by atoms with Crippen molar-refractivity contribution in [3.63, 3.8) is 0 Å². The number of phenolic OH excluding ortho intramolecular Hbond substituents is 1. The summed E-state index contributed by atoms with van der Waals surface area (Å²) in [6.07, 6.45) is 3.83. The van der Waals surface area contributed by atoms with Crippen molar-refractivity contribution in [1.29, 1.82) is 0 Å². The first-order valence-corrected chi connectivity index (χ1v) is 9.42. The lowest BCUT2D eigenvalue weighted by atomic mass is 10.0. The van der Waals surface area contributed by atoms with E-state index in [0.29, 0.717) is 17.4 Å². The first-order chi connectivity index (χ1) is 13.1. The molecule has 0 bridgehead atoms. The first kappa shape index (κ1) is 17.9. The van der Waals surface area contributed by atoms with E-state index in [0.717, 1.165) is 48.7 Å². The van der Waals surface area contributed by atoms with E-state index in [9.17, 15) is 5.11 Å². The number of phenols is 1. The molecule has 0 amide bonds. The van der Waals surface area contributed by atoms with Gasteiger partial charge in [0.2, 0.25) is 0 Å². The zero-order valence-corrected chi connectivity index (χ0v) is 16.0. The van der Waals surface area contributed by atoms with Crippen LogP contribution in [0.25, 0.3) is 11.1 Å². The van der Waals surface area contributed by atoms with Crippen LogP contribution in [0.5, 0.6) is 11.5 Å². The van der Waals surface area contributed by atoms with Crippen LogP contribution in [0.2, 0.25) is 5.02 Å². The highest BCUT2D eigenvalue weighted by Gasteiger charge is 2.20. The third-order valence-corrected chi connectivity index (χ3v) is 5.17. The summed E-state index contributed by atoms with van der Waals surface area (Å²) in [6.45, 7) is 5.87. The smallest absolute Gasteiger partial charge is 0.165 e. The summed E-state index contributed by atoms with van der Waals surface area (Å²) in [5.74, 6) is 1.78. The number of hydrogen-bond acceptors (Lipinski definition) is 4. The van der Waals surface area contributed by atoms with Gasteiger partial charge in [-0.25, -0.2) is 4.98 Å². The molecule has 1 N–H and O–H groups in total. The van der Waals surface area contributed by atoms with Crippen LogP contribution in [0.4, 0.5) is 0 Å². The van der Waals surface area contributed by atoms with E-state index in [2.05, 4.69) is 20.5 Å². The number of fused-ring (bicyclic) bond motifs is 1. The Morgan fingerprint density at radius 3 is 2.85 bits per heavy atom. The van der Waals surface area contributed by atoms with Gasteiger partial charge in [0.1, 0.15) is 12.4 Å². The van der Waals surface area contributed by atoms with Crippen molar-refractivity contribution >= 4 is 11.6 Å².